The zero-order valence-electron chi connectivity index (χ0n) is 23.4. The van der Waals surface area contributed by atoms with Crippen LogP contribution in [-0.2, 0) is 24.9 Å². The third-order valence-corrected chi connectivity index (χ3v) is 7.60. The Kier molecular flexibility index (Phi) is 7.27. The second-order valence-corrected chi connectivity index (χ2v) is 10.7. The van der Waals surface area contributed by atoms with Crippen LogP contribution in [0.3, 0.4) is 0 Å². The van der Waals surface area contributed by atoms with Gasteiger partial charge in [-0.1, -0.05) is 18.7 Å². The molecular formula is C30H34N8O3. The quantitative estimate of drug-likeness (QED) is 0.371. The topological polar surface area (TPSA) is 119 Å². The van der Waals surface area contributed by atoms with Crippen LogP contribution in [0.4, 0.5) is 5.95 Å². The second-order valence-electron chi connectivity index (χ2n) is 10.7. The maximum atomic E-state index is 13.6. The Balaban J connectivity index is 1.32. The number of benzene rings is 1. The van der Waals surface area contributed by atoms with E-state index >= 15 is 0 Å². The number of hydrogen-bond donors (Lipinski definition) is 2. The number of imidazole rings is 1. The van der Waals surface area contributed by atoms with Gasteiger partial charge in [-0.2, -0.15) is 5.10 Å². The molecule has 2 aliphatic rings. The fraction of sp³-hybridized carbons (Fsp3) is 0.367. The molecule has 1 aromatic carbocycles. The van der Waals surface area contributed by atoms with E-state index in [-0.39, 0.29) is 17.9 Å². The van der Waals surface area contributed by atoms with E-state index in [1.807, 2.05) is 26.1 Å². The number of hydrogen-bond acceptors (Lipinski definition) is 7. The highest BCUT2D eigenvalue weighted by atomic mass is 16.5. The predicted octanol–water partition coefficient (Wildman–Crippen LogP) is 3.44. The molecule has 1 saturated heterocycles. The van der Waals surface area contributed by atoms with Crippen molar-refractivity contribution in [2.24, 2.45) is 7.05 Å². The molecule has 0 radical (unpaired) electrons. The minimum Gasteiger partial charge on any atom is -0.477 e. The molecule has 0 unspecified atom stereocenters. The maximum absolute atomic E-state index is 13.6. The SMILES string of the molecule is C=CC(=O)NC1CN(Cc2cccc3nc4n(c23)CCCCCOc2c(cnn2C)-c2cc(cc(C)n2)C(=O)N4)C1. The normalized spacial score (nSPS) is 16.4. The van der Waals surface area contributed by atoms with E-state index in [0.29, 0.717) is 36.2 Å². The van der Waals surface area contributed by atoms with Crippen molar-refractivity contribution in [1.82, 2.24) is 34.5 Å². The van der Waals surface area contributed by atoms with Crippen molar-refractivity contribution in [3.8, 4) is 17.1 Å². The summed E-state index contributed by atoms with van der Waals surface area (Å²) in [5, 5.41) is 10.4. The number of nitrogens with zero attached hydrogens (tertiary/aromatic N) is 6. The van der Waals surface area contributed by atoms with E-state index in [1.54, 1.807) is 23.0 Å². The molecule has 0 aliphatic carbocycles. The second kappa shape index (κ2) is 11.2. The third-order valence-electron chi connectivity index (χ3n) is 7.60. The lowest BCUT2D eigenvalue weighted by Crippen LogP contribution is -2.58. The molecule has 0 atom stereocenters. The van der Waals surface area contributed by atoms with Crippen LogP contribution in [0.25, 0.3) is 22.3 Å². The fourth-order valence-electron chi connectivity index (χ4n) is 5.59. The molecule has 0 saturated carbocycles. The van der Waals surface area contributed by atoms with Crippen LogP contribution in [0.2, 0.25) is 0 Å². The van der Waals surface area contributed by atoms with Crippen LogP contribution in [0, 0.1) is 6.92 Å². The van der Waals surface area contributed by atoms with Crippen LogP contribution >= 0.6 is 0 Å². The summed E-state index contributed by atoms with van der Waals surface area (Å²) in [4.78, 5) is 37.1. The molecule has 2 amide bonds. The average Bonchev–Trinajstić information content (AvgIpc) is 3.48. The van der Waals surface area contributed by atoms with Gasteiger partial charge in [0.25, 0.3) is 5.91 Å². The van der Waals surface area contributed by atoms with Gasteiger partial charge >= 0.3 is 0 Å². The number of carbonyl (C=O) groups is 2. The number of pyridine rings is 1. The van der Waals surface area contributed by atoms with Crippen LogP contribution < -0.4 is 15.4 Å². The first kappa shape index (κ1) is 26.7. The number of carbonyl (C=O) groups excluding carboxylic acids is 2. The molecule has 0 spiro atoms. The zero-order chi connectivity index (χ0) is 28.5. The third kappa shape index (κ3) is 5.45. The molecular weight excluding hydrogens is 520 g/mol. The Morgan fingerprint density at radius 2 is 2.07 bits per heavy atom. The molecule has 212 valence electrons. The van der Waals surface area contributed by atoms with Crippen molar-refractivity contribution < 1.29 is 14.3 Å². The van der Waals surface area contributed by atoms with E-state index in [4.69, 9.17) is 9.72 Å². The largest absolute Gasteiger partial charge is 0.477 e. The minimum atomic E-state index is -0.250. The van der Waals surface area contributed by atoms with Crippen molar-refractivity contribution in [3.05, 3.63) is 66.0 Å². The van der Waals surface area contributed by atoms with Crippen LogP contribution in [0.15, 0.2) is 49.2 Å². The zero-order valence-corrected chi connectivity index (χ0v) is 23.4. The van der Waals surface area contributed by atoms with Gasteiger partial charge in [0.05, 0.1) is 41.1 Å². The first-order valence-electron chi connectivity index (χ1n) is 14.0. The highest BCUT2D eigenvalue weighted by molar-refractivity contribution is 6.05. The summed E-state index contributed by atoms with van der Waals surface area (Å²) in [6.07, 6.45) is 5.76. The number of amides is 2. The summed E-state index contributed by atoms with van der Waals surface area (Å²) in [5.41, 5.74) is 5.60. The van der Waals surface area contributed by atoms with Crippen molar-refractivity contribution in [3.63, 3.8) is 0 Å². The van der Waals surface area contributed by atoms with Crippen molar-refractivity contribution in [1.29, 1.82) is 0 Å². The summed E-state index contributed by atoms with van der Waals surface area (Å²) in [6, 6.07) is 9.78. The van der Waals surface area contributed by atoms with E-state index in [2.05, 4.69) is 42.8 Å². The number of nitrogens with one attached hydrogen (secondary N) is 2. The minimum absolute atomic E-state index is 0.125. The van der Waals surface area contributed by atoms with E-state index in [9.17, 15) is 9.59 Å². The van der Waals surface area contributed by atoms with Crippen molar-refractivity contribution in [2.75, 3.05) is 25.0 Å². The van der Waals surface area contributed by atoms with Gasteiger partial charge in [-0.3, -0.25) is 24.8 Å². The molecule has 3 aromatic heterocycles. The summed E-state index contributed by atoms with van der Waals surface area (Å²) >= 11 is 0. The number of para-hydroxylation sites is 1. The van der Waals surface area contributed by atoms with Crippen LogP contribution in [0.5, 0.6) is 5.88 Å². The maximum Gasteiger partial charge on any atom is 0.258 e. The molecule has 11 heteroatoms. The molecule has 11 nitrogen and oxygen atoms in total. The lowest BCUT2D eigenvalue weighted by molar-refractivity contribution is -0.118. The highest BCUT2D eigenvalue weighted by Gasteiger charge is 2.28. The highest BCUT2D eigenvalue weighted by Crippen LogP contribution is 2.31. The predicted molar refractivity (Wildman–Crippen MR) is 156 cm³/mol. The first-order valence-corrected chi connectivity index (χ1v) is 14.0. The Hall–Kier alpha value is -4.51. The number of likely N-dealkylation sites (tertiary alicyclic amines) is 1. The monoisotopic (exact) mass is 554 g/mol. The van der Waals surface area contributed by atoms with E-state index in [0.717, 1.165) is 66.8 Å². The lowest BCUT2D eigenvalue weighted by atomic mass is 10.1. The Morgan fingerprint density at radius 3 is 2.90 bits per heavy atom. The summed E-state index contributed by atoms with van der Waals surface area (Å²) in [6.45, 7) is 8.94. The lowest BCUT2D eigenvalue weighted by Gasteiger charge is -2.39. The number of anilines is 1. The number of aryl methyl sites for hydroxylation is 3. The molecule has 41 heavy (non-hydrogen) atoms. The standard InChI is InChI=1S/C30H34N8O3/c1-4-26(39)33-22-17-37(18-22)16-20-9-8-10-24-27(20)38-11-6-5-7-12-41-29-23(15-31-36(29)3)25-14-21(13-19(2)32-25)28(40)35-30(38)34-24/h4,8-10,13-15,22H,1,5-7,11-12,16-18H2,2-3H3,(H,33,39)(H,34,35,40). The van der Waals surface area contributed by atoms with Gasteiger partial charge in [0.15, 0.2) is 0 Å². The molecule has 6 rings (SSSR count). The molecule has 5 heterocycles. The Labute approximate surface area is 238 Å². The molecule has 4 aromatic rings. The molecule has 2 aliphatic heterocycles. The van der Waals surface area contributed by atoms with Gasteiger partial charge in [0, 0.05) is 44.5 Å². The summed E-state index contributed by atoms with van der Waals surface area (Å²) < 4.78 is 9.98. The first-order chi connectivity index (χ1) is 19.9. The molecule has 2 N–H and O–H groups in total. The fourth-order valence-corrected chi connectivity index (χ4v) is 5.59. The van der Waals surface area contributed by atoms with Gasteiger partial charge in [0.1, 0.15) is 0 Å². The number of fused-ring (bicyclic) bond motifs is 7. The molecule has 1 fully saturated rings. The number of ether oxygens (including phenoxy) is 1. The molecule has 2 bridgehead atoms. The Morgan fingerprint density at radius 1 is 1.22 bits per heavy atom. The summed E-state index contributed by atoms with van der Waals surface area (Å²) in [7, 11) is 1.84. The smallest absolute Gasteiger partial charge is 0.258 e. The van der Waals surface area contributed by atoms with Gasteiger partial charge < -0.3 is 14.6 Å². The van der Waals surface area contributed by atoms with Crippen molar-refractivity contribution >= 4 is 28.8 Å². The summed E-state index contributed by atoms with van der Waals surface area (Å²) in [5.74, 6) is 0.777. The average molecular weight is 555 g/mol. The van der Waals surface area contributed by atoms with Gasteiger partial charge in [-0.15, -0.1) is 0 Å². The van der Waals surface area contributed by atoms with Crippen molar-refractivity contribution in [2.45, 2.75) is 45.3 Å². The van der Waals surface area contributed by atoms with Crippen LogP contribution in [0.1, 0.15) is 40.9 Å². The van der Waals surface area contributed by atoms with Gasteiger partial charge in [0.2, 0.25) is 17.7 Å². The van der Waals surface area contributed by atoms with E-state index in [1.165, 1.54) is 6.08 Å². The van der Waals surface area contributed by atoms with Gasteiger partial charge in [-0.25, -0.2) is 9.67 Å². The number of rotatable bonds is 4. The Bertz CT molecular complexity index is 1630. The van der Waals surface area contributed by atoms with Crippen LogP contribution in [-0.4, -0.2) is 66.8 Å². The van der Waals surface area contributed by atoms with E-state index < -0.39 is 0 Å². The number of aromatic nitrogens is 5. The van der Waals surface area contributed by atoms with Gasteiger partial charge in [-0.05, 0) is 56.0 Å².